The lowest BCUT2D eigenvalue weighted by atomic mass is 9.99. The fourth-order valence-corrected chi connectivity index (χ4v) is 4.48. The van der Waals surface area contributed by atoms with Gasteiger partial charge in [-0.2, -0.15) is 0 Å². The highest BCUT2D eigenvalue weighted by Gasteiger charge is 2.40. The molecule has 3 saturated heterocycles. The summed E-state index contributed by atoms with van der Waals surface area (Å²) in [6.07, 6.45) is 1.20. The lowest BCUT2D eigenvalue weighted by Crippen LogP contribution is -2.64. The van der Waals surface area contributed by atoms with Crippen molar-refractivity contribution in [3.63, 3.8) is 0 Å². The molecule has 0 radical (unpaired) electrons. The number of benzene rings is 1. The third-order valence-corrected chi connectivity index (χ3v) is 6.41. The molecule has 10 heteroatoms. The van der Waals surface area contributed by atoms with Gasteiger partial charge in [-0.3, -0.25) is 9.59 Å². The first-order chi connectivity index (χ1) is 16.5. The lowest BCUT2D eigenvalue weighted by molar-refractivity contribution is -0.139. The molecule has 3 aliphatic heterocycles. The van der Waals surface area contributed by atoms with Crippen LogP contribution in [0.4, 0.5) is 4.79 Å². The average Bonchev–Trinajstić information content (AvgIpc) is 2.82. The van der Waals surface area contributed by atoms with Crippen LogP contribution < -0.4 is 15.4 Å². The molecule has 34 heavy (non-hydrogen) atoms. The van der Waals surface area contributed by atoms with Crippen molar-refractivity contribution >= 4 is 17.8 Å². The maximum absolute atomic E-state index is 12.8. The molecule has 3 fully saturated rings. The van der Waals surface area contributed by atoms with Gasteiger partial charge < -0.3 is 34.6 Å². The summed E-state index contributed by atoms with van der Waals surface area (Å²) < 4.78 is 17.3. The molecule has 10 nitrogen and oxygen atoms in total. The maximum atomic E-state index is 12.8. The third-order valence-electron chi connectivity index (χ3n) is 6.41. The number of hydrogen-bond donors (Lipinski definition) is 2. The van der Waals surface area contributed by atoms with Crippen LogP contribution >= 0.6 is 0 Å². The minimum Gasteiger partial charge on any atom is -0.491 e. The van der Waals surface area contributed by atoms with Gasteiger partial charge in [-0.1, -0.05) is 25.1 Å². The number of ether oxygens (including phenoxy) is 3. The Balaban J connectivity index is 1.14. The van der Waals surface area contributed by atoms with Crippen molar-refractivity contribution in [2.24, 2.45) is 5.92 Å². The first-order valence-corrected chi connectivity index (χ1v) is 12.0. The number of rotatable bonds is 9. The Morgan fingerprint density at radius 1 is 1.21 bits per heavy atom. The summed E-state index contributed by atoms with van der Waals surface area (Å²) in [7, 11) is 0. The van der Waals surface area contributed by atoms with Crippen LogP contribution in [0.5, 0.6) is 5.75 Å². The molecule has 3 aliphatic rings. The molecule has 4 amide bonds. The summed E-state index contributed by atoms with van der Waals surface area (Å²) >= 11 is 0. The van der Waals surface area contributed by atoms with Gasteiger partial charge in [-0.15, -0.1) is 0 Å². The smallest absolute Gasteiger partial charge is 0.320 e. The topological polar surface area (TPSA) is 109 Å². The lowest BCUT2D eigenvalue weighted by Gasteiger charge is -2.46. The van der Waals surface area contributed by atoms with Gasteiger partial charge in [-0.05, 0) is 12.5 Å². The van der Waals surface area contributed by atoms with Gasteiger partial charge in [0, 0.05) is 44.1 Å². The number of fused-ring (bicyclic) bond motifs is 1. The van der Waals surface area contributed by atoms with E-state index in [0.29, 0.717) is 64.9 Å². The molecule has 0 bridgehead atoms. The number of piperidine rings is 1. The van der Waals surface area contributed by atoms with E-state index in [9.17, 15) is 14.4 Å². The van der Waals surface area contributed by atoms with E-state index in [1.54, 1.807) is 0 Å². The molecule has 4 rings (SSSR count). The standard InChI is InChI=1S/C24H34N4O6/c1-2-22(29)25-8-10-33-20-6-4-3-5-18(20)15-32-14-17-11-28(12-17)24(31)27-9-7-21-19(13-27)26-23(30)16-34-21/h3-6,17,19,21H,2,7-16H2,1H3,(H,25,29)(H,26,30)/t19-,21+/m1/s1. The molecule has 2 atom stereocenters. The molecule has 1 aromatic carbocycles. The number of nitrogens with one attached hydrogen (secondary N) is 2. The number of urea groups is 1. The minimum atomic E-state index is -0.121. The van der Waals surface area contributed by atoms with E-state index >= 15 is 0 Å². The normalized spacial score (nSPS) is 22.4. The van der Waals surface area contributed by atoms with Gasteiger partial charge in [0.1, 0.15) is 19.0 Å². The van der Waals surface area contributed by atoms with Crippen LogP contribution in [0.3, 0.4) is 0 Å². The number of morpholine rings is 1. The van der Waals surface area contributed by atoms with E-state index in [2.05, 4.69) is 10.6 Å². The average molecular weight is 475 g/mol. The first-order valence-electron chi connectivity index (χ1n) is 12.0. The van der Waals surface area contributed by atoms with Crippen LogP contribution in [0.2, 0.25) is 0 Å². The van der Waals surface area contributed by atoms with E-state index in [1.165, 1.54) is 0 Å². The molecule has 0 aliphatic carbocycles. The summed E-state index contributed by atoms with van der Waals surface area (Å²) in [4.78, 5) is 39.4. The highest BCUT2D eigenvalue weighted by atomic mass is 16.5. The maximum Gasteiger partial charge on any atom is 0.320 e. The van der Waals surface area contributed by atoms with Crippen LogP contribution in [0.25, 0.3) is 0 Å². The second-order valence-corrected chi connectivity index (χ2v) is 8.99. The van der Waals surface area contributed by atoms with Crippen molar-refractivity contribution in [1.29, 1.82) is 0 Å². The Morgan fingerprint density at radius 3 is 2.85 bits per heavy atom. The van der Waals surface area contributed by atoms with Gasteiger partial charge in [0.05, 0.1) is 31.9 Å². The minimum absolute atomic E-state index is 0.00115. The van der Waals surface area contributed by atoms with E-state index in [-0.39, 0.29) is 36.6 Å². The summed E-state index contributed by atoms with van der Waals surface area (Å²) in [5.41, 5.74) is 0.955. The molecule has 0 unspecified atom stereocenters. The fourth-order valence-electron chi connectivity index (χ4n) is 4.48. The Bertz CT molecular complexity index is 875. The molecule has 0 aromatic heterocycles. The van der Waals surface area contributed by atoms with Crippen molar-refractivity contribution < 1.29 is 28.6 Å². The highest BCUT2D eigenvalue weighted by molar-refractivity contribution is 5.79. The number of hydrogen-bond acceptors (Lipinski definition) is 6. The van der Waals surface area contributed by atoms with Crippen LogP contribution in [0.1, 0.15) is 25.3 Å². The molecule has 186 valence electrons. The zero-order valence-corrected chi connectivity index (χ0v) is 19.7. The molecule has 1 aromatic rings. The fraction of sp³-hybridized carbons (Fsp3) is 0.625. The van der Waals surface area contributed by atoms with E-state index in [4.69, 9.17) is 14.2 Å². The van der Waals surface area contributed by atoms with Crippen molar-refractivity contribution in [1.82, 2.24) is 20.4 Å². The number of likely N-dealkylation sites (tertiary alicyclic amines) is 2. The zero-order valence-electron chi connectivity index (χ0n) is 19.7. The van der Waals surface area contributed by atoms with E-state index in [1.807, 2.05) is 41.0 Å². The predicted molar refractivity (Wildman–Crippen MR) is 123 cm³/mol. The van der Waals surface area contributed by atoms with Gasteiger partial charge in [0.25, 0.3) is 0 Å². The largest absolute Gasteiger partial charge is 0.491 e. The number of carbonyl (C=O) groups excluding carboxylic acids is 3. The van der Waals surface area contributed by atoms with Crippen LogP contribution in [0.15, 0.2) is 24.3 Å². The summed E-state index contributed by atoms with van der Waals surface area (Å²) in [5.74, 6) is 0.942. The highest BCUT2D eigenvalue weighted by Crippen LogP contribution is 2.24. The van der Waals surface area contributed by atoms with Crippen molar-refractivity contribution in [3.05, 3.63) is 29.8 Å². The Morgan fingerprint density at radius 2 is 2.03 bits per heavy atom. The summed E-state index contributed by atoms with van der Waals surface area (Å²) in [6, 6.07) is 7.61. The SMILES string of the molecule is CCC(=O)NCCOc1ccccc1COCC1CN(C(=O)N2CC[C@@H]3OCC(=O)N[C@@H]3C2)C1. The van der Waals surface area contributed by atoms with E-state index in [0.717, 1.165) is 17.7 Å². The molecule has 2 N–H and O–H groups in total. The van der Waals surface area contributed by atoms with Gasteiger partial charge in [0.15, 0.2) is 0 Å². The summed E-state index contributed by atoms with van der Waals surface area (Å²) in [5, 5.41) is 5.73. The number of para-hydroxylation sites is 1. The second-order valence-electron chi connectivity index (χ2n) is 8.99. The van der Waals surface area contributed by atoms with Gasteiger partial charge in [-0.25, -0.2) is 4.79 Å². The van der Waals surface area contributed by atoms with Crippen molar-refractivity contribution in [2.75, 3.05) is 52.5 Å². The second kappa shape index (κ2) is 11.5. The quantitative estimate of drug-likeness (QED) is 0.511. The molecular formula is C24H34N4O6. The molecule has 0 saturated carbocycles. The van der Waals surface area contributed by atoms with Crippen LogP contribution in [-0.2, 0) is 25.7 Å². The number of nitrogens with zero attached hydrogens (tertiary/aromatic N) is 2. The zero-order chi connectivity index (χ0) is 23.9. The Hall–Kier alpha value is -2.85. The van der Waals surface area contributed by atoms with Crippen LogP contribution in [0, 0.1) is 5.92 Å². The molecule has 0 spiro atoms. The first kappa shape index (κ1) is 24.3. The van der Waals surface area contributed by atoms with Crippen LogP contribution in [-0.4, -0.2) is 92.3 Å². The monoisotopic (exact) mass is 474 g/mol. The van der Waals surface area contributed by atoms with E-state index < -0.39 is 0 Å². The molecule has 3 heterocycles. The van der Waals surface area contributed by atoms with Crippen molar-refractivity contribution in [2.45, 2.75) is 38.5 Å². The third kappa shape index (κ3) is 6.18. The Labute approximate surface area is 199 Å². The summed E-state index contributed by atoms with van der Waals surface area (Å²) in [6.45, 7) is 6.26. The number of carbonyl (C=O) groups is 3. The number of amides is 4. The van der Waals surface area contributed by atoms with Gasteiger partial charge >= 0.3 is 6.03 Å². The van der Waals surface area contributed by atoms with Crippen molar-refractivity contribution in [3.8, 4) is 5.75 Å². The van der Waals surface area contributed by atoms with Gasteiger partial charge in [0.2, 0.25) is 11.8 Å². The predicted octanol–water partition coefficient (Wildman–Crippen LogP) is 0.749. The Kier molecular flexibility index (Phi) is 8.23. The molecular weight excluding hydrogens is 440 g/mol.